The zero-order valence-corrected chi connectivity index (χ0v) is 22.3. The number of imide groups is 1. The van der Waals surface area contributed by atoms with E-state index in [0.717, 1.165) is 16.3 Å². The van der Waals surface area contributed by atoms with Gasteiger partial charge in [0.15, 0.2) is 11.6 Å². The van der Waals surface area contributed by atoms with E-state index in [4.69, 9.17) is 0 Å². The van der Waals surface area contributed by atoms with Crippen LogP contribution < -0.4 is 0 Å². The molecule has 4 atom stereocenters. The standard InChI is InChI=1S/C30H26BrNO5/c1-30(2,3)32-28(36)17-10-9-16-18(23(17)29(32)37)12-19-25(22(34)13-20(31)27(19)35)26(16)24-15-7-5-4-6-14(15)8-11-21(24)33/h4-9,11,13,17-18,23,26,33H,10,12H2,1-3H3. The molecule has 0 saturated carbocycles. The number of carbonyl (C=O) groups is 4. The van der Waals surface area contributed by atoms with Crippen molar-refractivity contribution in [3.05, 3.63) is 75.3 Å². The number of carbonyl (C=O) groups excluding carboxylic acids is 4. The van der Waals surface area contributed by atoms with Crippen LogP contribution in [0.1, 0.15) is 45.1 Å². The van der Waals surface area contributed by atoms with Gasteiger partial charge in [0, 0.05) is 34.2 Å². The van der Waals surface area contributed by atoms with Crippen LogP contribution in [0.15, 0.2) is 69.8 Å². The maximum absolute atomic E-state index is 13.8. The number of rotatable bonds is 1. The molecular weight excluding hydrogens is 534 g/mol. The molecule has 1 N–H and O–H groups in total. The maximum Gasteiger partial charge on any atom is 0.234 e. The van der Waals surface area contributed by atoms with Crippen LogP contribution in [0.25, 0.3) is 10.8 Å². The summed E-state index contributed by atoms with van der Waals surface area (Å²) in [6.07, 6.45) is 3.85. The van der Waals surface area contributed by atoms with E-state index >= 15 is 0 Å². The number of nitrogens with zero attached hydrogens (tertiary/aromatic N) is 1. The Morgan fingerprint density at radius 3 is 2.43 bits per heavy atom. The number of allylic oxidation sites excluding steroid dienone is 6. The molecule has 3 aliphatic carbocycles. The van der Waals surface area contributed by atoms with Gasteiger partial charge in [0.05, 0.1) is 16.3 Å². The van der Waals surface area contributed by atoms with Crippen molar-refractivity contribution in [3.8, 4) is 5.75 Å². The molecule has 0 aromatic heterocycles. The van der Waals surface area contributed by atoms with Crippen LogP contribution in [0.5, 0.6) is 5.75 Å². The molecule has 4 unspecified atom stereocenters. The number of benzene rings is 2. The minimum absolute atomic E-state index is 0.0261. The summed E-state index contributed by atoms with van der Waals surface area (Å²) in [6.45, 7) is 5.54. The smallest absolute Gasteiger partial charge is 0.234 e. The van der Waals surface area contributed by atoms with Crippen molar-refractivity contribution in [2.24, 2.45) is 17.8 Å². The van der Waals surface area contributed by atoms with Gasteiger partial charge in [0.1, 0.15) is 5.75 Å². The molecule has 2 aromatic rings. The molecule has 0 radical (unpaired) electrons. The van der Waals surface area contributed by atoms with Gasteiger partial charge in [0.2, 0.25) is 11.8 Å². The molecule has 6 rings (SSSR count). The highest BCUT2D eigenvalue weighted by Gasteiger charge is 2.58. The predicted molar refractivity (Wildman–Crippen MR) is 142 cm³/mol. The predicted octanol–water partition coefficient (Wildman–Crippen LogP) is 5.11. The van der Waals surface area contributed by atoms with Gasteiger partial charge in [-0.3, -0.25) is 24.1 Å². The number of Topliss-reactive ketones (excluding diaryl/α,β-unsaturated/α-hetero) is 1. The van der Waals surface area contributed by atoms with Crippen molar-refractivity contribution >= 4 is 50.1 Å². The van der Waals surface area contributed by atoms with Crippen LogP contribution >= 0.6 is 15.9 Å². The number of ketones is 2. The molecule has 1 saturated heterocycles. The first-order chi connectivity index (χ1) is 17.5. The first-order valence-corrected chi connectivity index (χ1v) is 13.3. The minimum atomic E-state index is -0.694. The van der Waals surface area contributed by atoms with Gasteiger partial charge in [-0.15, -0.1) is 0 Å². The quantitative estimate of drug-likeness (QED) is 0.298. The number of hydrogen-bond acceptors (Lipinski definition) is 5. The summed E-state index contributed by atoms with van der Waals surface area (Å²) in [6, 6.07) is 11.0. The summed E-state index contributed by atoms with van der Waals surface area (Å²) in [7, 11) is 0. The van der Waals surface area contributed by atoms with Gasteiger partial charge < -0.3 is 5.11 Å². The van der Waals surface area contributed by atoms with Crippen LogP contribution in [0.4, 0.5) is 0 Å². The second kappa shape index (κ2) is 8.09. The normalized spacial score (nSPS) is 27.7. The topological polar surface area (TPSA) is 91.8 Å². The third-order valence-corrected chi connectivity index (χ3v) is 8.83. The number of aromatic hydroxyl groups is 1. The molecule has 0 spiro atoms. The van der Waals surface area contributed by atoms with Crippen LogP contribution in [0.3, 0.4) is 0 Å². The van der Waals surface area contributed by atoms with E-state index in [9.17, 15) is 24.3 Å². The fraction of sp³-hybridized carbons (Fsp3) is 0.333. The number of fused-ring (bicyclic) bond motifs is 4. The zero-order valence-electron chi connectivity index (χ0n) is 20.7. The van der Waals surface area contributed by atoms with E-state index in [1.165, 1.54) is 11.0 Å². The van der Waals surface area contributed by atoms with E-state index in [0.29, 0.717) is 23.1 Å². The van der Waals surface area contributed by atoms with E-state index in [1.807, 2.05) is 57.2 Å². The Morgan fingerprint density at radius 1 is 0.973 bits per heavy atom. The molecule has 0 bridgehead atoms. The highest BCUT2D eigenvalue weighted by molar-refractivity contribution is 9.12. The number of phenols is 1. The largest absolute Gasteiger partial charge is 0.508 e. The summed E-state index contributed by atoms with van der Waals surface area (Å²) < 4.78 is 0.182. The van der Waals surface area contributed by atoms with Gasteiger partial charge in [-0.05, 0) is 72.3 Å². The van der Waals surface area contributed by atoms with Crippen LogP contribution in [-0.2, 0) is 19.2 Å². The second-order valence-corrected chi connectivity index (χ2v) is 12.2. The first-order valence-electron chi connectivity index (χ1n) is 12.5. The Balaban J connectivity index is 1.60. The summed E-state index contributed by atoms with van der Waals surface area (Å²) in [5.74, 6) is -3.21. The molecule has 2 aromatic carbocycles. The summed E-state index contributed by atoms with van der Waals surface area (Å²) in [4.78, 5) is 55.4. The average Bonchev–Trinajstić information content (AvgIpc) is 3.11. The number of amides is 2. The summed E-state index contributed by atoms with van der Waals surface area (Å²) in [5.41, 5.74) is 1.42. The third-order valence-electron chi connectivity index (χ3n) is 8.24. The van der Waals surface area contributed by atoms with E-state index < -0.39 is 29.2 Å². The van der Waals surface area contributed by atoms with E-state index in [2.05, 4.69) is 15.9 Å². The number of hydrogen-bond donors (Lipinski definition) is 1. The van der Waals surface area contributed by atoms with Crippen molar-refractivity contribution in [2.75, 3.05) is 0 Å². The SMILES string of the molecule is CC(C)(C)N1C(=O)C2CC=C3C(c4c(O)ccc5ccccc45)C4=C(CC3C2C1=O)C(=O)C(Br)=CC4=O. The monoisotopic (exact) mass is 559 g/mol. The van der Waals surface area contributed by atoms with Gasteiger partial charge in [-0.25, -0.2) is 0 Å². The van der Waals surface area contributed by atoms with Crippen molar-refractivity contribution in [1.29, 1.82) is 0 Å². The van der Waals surface area contributed by atoms with Crippen molar-refractivity contribution in [3.63, 3.8) is 0 Å². The molecule has 6 nitrogen and oxygen atoms in total. The Kier molecular flexibility index (Phi) is 5.26. The second-order valence-electron chi connectivity index (χ2n) is 11.3. The summed E-state index contributed by atoms with van der Waals surface area (Å²) in [5, 5.41) is 12.8. The van der Waals surface area contributed by atoms with Gasteiger partial charge in [-0.2, -0.15) is 0 Å². The molecule has 1 aliphatic heterocycles. The Bertz CT molecular complexity index is 1540. The molecule has 37 heavy (non-hydrogen) atoms. The van der Waals surface area contributed by atoms with E-state index in [-0.39, 0.29) is 40.0 Å². The van der Waals surface area contributed by atoms with Crippen LogP contribution in [-0.4, -0.2) is 38.9 Å². The van der Waals surface area contributed by atoms with Gasteiger partial charge in [-0.1, -0.05) is 42.0 Å². The molecule has 188 valence electrons. The third kappa shape index (κ3) is 3.36. The molecule has 1 heterocycles. The van der Waals surface area contributed by atoms with Crippen LogP contribution in [0.2, 0.25) is 0 Å². The van der Waals surface area contributed by atoms with E-state index in [1.54, 1.807) is 6.07 Å². The maximum atomic E-state index is 13.8. The Hall–Kier alpha value is -3.32. The van der Waals surface area contributed by atoms with Crippen molar-refractivity contribution in [2.45, 2.75) is 45.1 Å². The van der Waals surface area contributed by atoms with Crippen molar-refractivity contribution in [1.82, 2.24) is 4.90 Å². The van der Waals surface area contributed by atoms with Gasteiger partial charge >= 0.3 is 0 Å². The molecule has 1 fully saturated rings. The van der Waals surface area contributed by atoms with Crippen LogP contribution in [0, 0.1) is 17.8 Å². The first kappa shape index (κ1) is 24.0. The average molecular weight is 560 g/mol. The van der Waals surface area contributed by atoms with Gasteiger partial charge in [0.25, 0.3) is 0 Å². The minimum Gasteiger partial charge on any atom is -0.508 e. The number of phenolic OH excluding ortho intramolecular Hbond substituents is 1. The summed E-state index contributed by atoms with van der Waals surface area (Å²) >= 11 is 3.25. The molecule has 4 aliphatic rings. The molecular formula is C30H26BrNO5. The fourth-order valence-corrected chi connectivity index (χ4v) is 7.23. The lowest BCUT2D eigenvalue weighted by atomic mass is 9.59. The zero-order chi connectivity index (χ0) is 26.4. The lowest BCUT2D eigenvalue weighted by Crippen LogP contribution is -2.46. The number of likely N-dealkylation sites (tertiary alicyclic amines) is 1. The highest BCUT2D eigenvalue weighted by Crippen LogP contribution is 2.57. The number of halogens is 1. The lowest BCUT2D eigenvalue weighted by molar-refractivity contribution is -0.145. The fourth-order valence-electron chi connectivity index (χ4n) is 6.79. The van der Waals surface area contributed by atoms with Crippen molar-refractivity contribution < 1.29 is 24.3 Å². The Morgan fingerprint density at radius 2 is 1.70 bits per heavy atom. The molecule has 7 heteroatoms. The lowest BCUT2D eigenvalue weighted by Gasteiger charge is -2.42. The highest BCUT2D eigenvalue weighted by atomic mass is 79.9. The Labute approximate surface area is 222 Å². The molecule has 2 amide bonds.